The summed E-state index contributed by atoms with van der Waals surface area (Å²) in [4.78, 5) is 4.01. The molecular formula is C10H9FN2O. The van der Waals surface area contributed by atoms with Crippen LogP contribution in [-0.4, -0.2) is 10.1 Å². The summed E-state index contributed by atoms with van der Waals surface area (Å²) in [6, 6.07) is 4.86. The molecule has 1 heterocycles. The van der Waals surface area contributed by atoms with Gasteiger partial charge in [-0.05, 0) is 18.6 Å². The minimum Gasteiger partial charge on any atom is -0.339 e. The van der Waals surface area contributed by atoms with Crippen LogP contribution in [-0.2, 0) is 0 Å². The molecule has 0 spiro atoms. The monoisotopic (exact) mass is 192 g/mol. The summed E-state index contributed by atoms with van der Waals surface area (Å²) in [5.74, 6) is 0.632. The second-order valence-corrected chi connectivity index (χ2v) is 3.10. The number of aryl methyl sites for hydroxylation is 2. The van der Waals surface area contributed by atoms with Crippen LogP contribution < -0.4 is 0 Å². The second kappa shape index (κ2) is 3.21. The van der Waals surface area contributed by atoms with Gasteiger partial charge in [0.2, 0.25) is 11.7 Å². The lowest BCUT2D eigenvalue weighted by atomic mass is 10.1. The molecule has 72 valence electrons. The Balaban J connectivity index is 2.47. The average Bonchev–Trinajstić information content (AvgIpc) is 2.57. The summed E-state index contributed by atoms with van der Waals surface area (Å²) in [5, 5.41) is 3.70. The van der Waals surface area contributed by atoms with Crippen molar-refractivity contribution in [2.24, 2.45) is 0 Å². The summed E-state index contributed by atoms with van der Waals surface area (Å²) < 4.78 is 18.0. The van der Waals surface area contributed by atoms with Crippen molar-refractivity contribution < 1.29 is 8.91 Å². The highest BCUT2D eigenvalue weighted by Gasteiger charge is 2.07. The van der Waals surface area contributed by atoms with Gasteiger partial charge >= 0.3 is 0 Å². The molecule has 2 rings (SSSR count). The summed E-state index contributed by atoms with van der Waals surface area (Å²) >= 11 is 0. The van der Waals surface area contributed by atoms with Crippen molar-refractivity contribution in [2.75, 3.05) is 0 Å². The molecule has 0 aliphatic heterocycles. The van der Waals surface area contributed by atoms with Crippen molar-refractivity contribution in [3.8, 4) is 11.4 Å². The van der Waals surface area contributed by atoms with Crippen LogP contribution in [0.2, 0.25) is 0 Å². The molecule has 1 aromatic carbocycles. The lowest BCUT2D eigenvalue weighted by Crippen LogP contribution is -1.85. The molecule has 2 aromatic rings. The maximum absolute atomic E-state index is 13.2. The van der Waals surface area contributed by atoms with Crippen LogP contribution in [0.15, 0.2) is 22.7 Å². The fourth-order valence-electron chi connectivity index (χ4n) is 1.15. The van der Waals surface area contributed by atoms with E-state index >= 15 is 0 Å². The van der Waals surface area contributed by atoms with Gasteiger partial charge in [-0.15, -0.1) is 0 Å². The van der Waals surface area contributed by atoms with Gasteiger partial charge < -0.3 is 4.52 Å². The standard InChI is InChI=1S/C10H9FN2O/c1-6-3-4-8(5-9(6)11)10-12-7(2)14-13-10/h3-5H,1-2H3. The molecule has 0 fully saturated rings. The van der Waals surface area contributed by atoms with Crippen LogP contribution in [0, 0.1) is 19.7 Å². The fourth-order valence-corrected chi connectivity index (χ4v) is 1.15. The van der Waals surface area contributed by atoms with E-state index in [1.165, 1.54) is 6.07 Å². The molecule has 0 atom stereocenters. The Labute approximate surface area is 80.6 Å². The number of hydrogen-bond donors (Lipinski definition) is 0. The molecule has 0 radical (unpaired) electrons. The first-order valence-electron chi connectivity index (χ1n) is 4.23. The van der Waals surface area contributed by atoms with E-state index in [2.05, 4.69) is 10.1 Å². The normalized spacial score (nSPS) is 10.5. The Hall–Kier alpha value is -1.71. The quantitative estimate of drug-likeness (QED) is 0.696. The first-order chi connectivity index (χ1) is 6.66. The number of nitrogens with zero attached hydrogens (tertiary/aromatic N) is 2. The topological polar surface area (TPSA) is 38.9 Å². The van der Waals surface area contributed by atoms with Gasteiger partial charge in [0.15, 0.2) is 0 Å². The fraction of sp³-hybridized carbons (Fsp3) is 0.200. The molecule has 0 saturated heterocycles. The molecular weight excluding hydrogens is 183 g/mol. The van der Waals surface area contributed by atoms with Crippen molar-refractivity contribution in [2.45, 2.75) is 13.8 Å². The maximum Gasteiger partial charge on any atom is 0.223 e. The van der Waals surface area contributed by atoms with Crippen LogP contribution >= 0.6 is 0 Å². The lowest BCUT2D eigenvalue weighted by Gasteiger charge is -1.97. The van der Waals surface area contributed by atoms with Gasteiger partial charge in [0.05, 0.1) is 0 Å². The molecule has 1 aromatic heterocycles. The molecule has 0 N–H and O–H groups in total. The summed E-state index contributed by atoms with van der Waals surface area (Å²) in [6.07, 6.45) is 0. The lowest BCUT2D eigenvalue weighted by molar-refractivity contribution is 0.394. The summed E-state index contributed by atoms with van der Waals surface area (Å²) in [7, 11) is 0. The molecule has 0 amide bonds. The molecule has 0 aliphatic rings. The molecule has 0 unspecified atom stereocenters. The van der Waals surface area contributed by atoms with E-state index in [1.807, 2.05) is 0 Å². The van der Waals surface area contributed by atoms with E-state index in [9.17, 15) is 4.39 Å². The third kappa shape index (κ3) is 1.51. The number of rotatable bonds is 1. The highest BCUT2D eigenvalue weighted by Crippen LogP contribution is 2.18. The van der Waals surface area contributed by atoms with Gasteiger partial charge in [0.1, 0.15) is 5.82 Å². The van der Waals surface area contributed by atoms with Crippen molar-refractivity contribution in [1.82, 2.24) is 10.1 Å². The number of halogens is 1. The Morgan fingerprint density at radius 1 is 1.29 bits per heavy atom. The zero-order valence-corrected chi connectivity index (χ0v) is 7.91. The Bertz CT molecular complexity index is 465. The van der Waals surface area contributed by atoms with Gasteiger partial charge in [-0.3, -0.25) is 0 Å². The van der Waals surface area contributed by atoms with Crippen LogP contribution in [0.5, 0.6) is 0 Å². The smallest absolute Gasteiger partial charge is 0.223 e. The van der Waals surface area contributed by atoms with Crippen molar-refractivity contribution in [3.63, 3.8) is 0 Å². The molecule has 0 aliphatic carbocycles. The van der Waals surface area contributed by atoms with Gasteiger partial charge in [0.25, 0.3) is 0 Å². The molecule has 4 heteroatoms. The Morgan fingerprint density at radius 2 is 2.07 bits per heavy atom. The zero-order chi connectivity index (χ0) is 10.1. The van der Waals surface area contributed by atoms with Gasteiger partial charge in [-0.25, -0.2) is 4.39 Å². The minimum atomic E-state index is -0.259. The van der Waals surface area contributed by atoms with Crippen molar-refractivity contribution >= 4 is 0 Å². The van der Waals surface area contributed by atoms with Crippen LogP contribution in [0.4, 0.5) is 4.39 Å². The highest BCUT2D eigenvalue weighted by molar-refractivity contribution is 5.54. The maximum atomic E-state index is 13.2. The summed E-state index contributed by atoms with van der Waals surface area (Å²) in [6.45, 7) is 3.40. The largest absolute Gasteiger partial charge is 0.339 e. The predicted molar refractivity (Wildman–Crippen MR) is 49.2 cm³/mol. The zero-order valence-electron chi connectivity index (χ0n) is 7.91. The van der Waals surface area contributed by atoms with E-state index in [0.29, 0.717) is 22.8 Å². The van der Waals surface area contributed by atoms with E-state index < -0.39 is 0 Å². The number of aromatic nitrogens is 2. The predicted octanol–water partition coefficient (Wildman–Crippen LogP) is 2.49. The molecule has 3 nitrogen and oxygen atoms in total. The van der Waals surface area contributed by atoms with Crippen LogP contribution in [0.3, 0.4) is 0 Å². The van der Waals surface area contributed by atoms with Gasteiger partial charge in [-0.1, -0.05) is 17.3 Å². The van der Waals surface area contributed by atoms with E-state index in [4.69, 9.17) is 4.52 Å². The van der Waals surface area contributed by atoms with E-state index in [-0.39, 0.29) is 5.82 Å². The molecule has 14 heavy (non-hydrogen) atoms. The molecule has 0 bridgehead atoms. The Kier molecular flexibility index (Phi) is 2.04. The van der Waals surface area contributed by atoms with E-state index in [0.717, 1.165) is 0 Å². The third-order valence-electron chi connectivity index (χ3n) is 1.96. The first kappa shape index (κ1) is 8.87. The van der Waals surface area contributed by atoms with Crippen molar-refractivity contribution in [1.29, 1.82) is 0 Å². The average molecular weight is 192 g/mol. The molecule has 0 saturated carbocycles. The van der Waals surface area contributed by atoms with Crippen LogP contribution in [0.1, 0.15) is 11.5 Å². The number of benzene rings is 1. The highest BCUT2D eigenvalue weighted by atomic mass is 19.1. The Morgan fingerprint density at radius 3 is 2.64 bits per heavy atom. The second-order valence-electron chi connectivity index (χ2n) is 3.10. The van der Waals surface area contributed by atoms with E-state index in [1.54, 1.807) is 26.0 Å². The first-order valence-corrected chi connectivity index (χ1v) is 4.23. The van der Waals surface area contributed by atoms with Crippen molar-refractivity contribution in [3.05, 3.63) is 35.5 Å². The number of hydrogen-bond acceptors (Lipinski definition) is 3. The minimum absolute atomic E-state index is 0.259. The third-order valence-corrected chi connectivity index (χ3v) is 1.96. The van der Waals surface area contributed by atoms with Gasteiger partial charge in [0, 0.05) is 12.5 Å². The van der Waals surface area contributed by atoms with Crippen LogP contribution in [0.25, 0.3) is 11.4 Å². The van der Waals surface area contributed by atoms with Gasteiger partial charge in [-0.2, -0.15) is 4.98 Å². The summed E-state index contributed by atoms with van der Waals surface area (Å²) in [5.41, 5.74) is 1.24. The SMILES string of the molecule is Cc1nc(-c2ccc(C)c(F)c2)no1.